The fourth-order valence-electron chi connectivity index (χ4n) is 8.67. The van der Waals surface area contributed by atoms with Gasteiger partial charge in [0.05, 0.1) is 26.4 Å². The van der Waals surface area contributed by atoms with E-state index in [-0.39, 0.29) is 25.7 Å². The molecule has 0 aromatic heterocycles. The molecule has 0 spiro atoms. The van der Waals surface area contributed by atoms with E-state index in [4.69, 9.17) is 37.0 Å². The first-order chi connectivity index (χ1) is 37.6. The summed E-state index contributed by atoms with van der Waals surface area (Å²) in [7, 11) is -9.87. The topological polar surface area (TPSA) is 237 Å². The molecule has 0 aromatic carbocycles. The van der Waals surface area contributed by atoms with E-state index in [1.807, 2.05) is 0 Å². The number of aliphatic hydroxyl groups is 1. The van der Waals surface area contributed by atoms with Crippen LogP contribution < -0.4 is 0 Å². The standard InChI is InChI=1S/C59H114O17P2/c1-6-10-13-16-19-22-24-27-33-38-43-57(62)70-49-55(76-59(64)45-40-35-30-29-31-36-41-52(5)9-4)51-74-78(67,68)72-47-53(60)46-71-77(65,66)73-50-54(48-69-56(61)42-37-32-26-21-18-15-12-8-3)75-58(63)44-39-34-28-25-23-20-17-14-11-7-2/h52-55,60H,6-51H2,1-5H3,(H,65,66)(H,67,68)/t52?,53-,54+,55+/m0/s1. The molecule has 0 heterocycles. The van der Waals surface area contributed by atoms with Crippen molar-refractivity contribution in [1.82, 2.24) is 0 Å². The van der Waals surface area contributed by atoms with Crippen molar-refractivity contribution in [3.05, 3.63) is 0 Å². The molecule has 462 valence electrons. The van der Waals surface area contributed by atoms with Crippen LogP contribution in [0.25, 0.3) is 0 Å². The molecule has 3 N–H and O–H groups in total. The fourth-order valence-corrected chi connectivity index (χ4v) is 10.2. The molecule has 0 fully saturated rings. The minimum Gasteiger partial charge on any atom is -0.462 e. The van der Waals surface area contributed by atoms with Crippen LogP contribution in [0.2, 0.25) is 0 Å². The normalized spacial score (nSPS) is 14.7. The summed E-state index contributed by atoms with van der Waals surface area (Å²) in [6, 6.07) is 0. The van der Waals surface area contributed by atoms with Crippen LogP contribution in [-0.2, 0) is 65.4 Å². The highest BCUT2D eigenvalue weighted by atomic mass is 31.2. The predicted octanol–water partition coefficient (Wildman–Crippen LogP) is 15.8. The predicted molar refractivity (Wildman–Crippen MR) is 308 cm³/mol. The Morgan fingerprint density at radius 2 is 0.615 bits per heavy atom. The summed E-state index contributed by atoms with van der Waals surface area (Å²) in [5, 5.41) is 10.5. The Hall–Kier alpha value is -1.94. The number of ether oxygens (including phenoxy) is 4. The molecular formula is C59H114O17P2. The molecule has 0 saturated heterocycles. The van der Waals surface area contributed by atoms with Gasteiger partial charge in [0.2, 0.25) is 0 Å². The monoisotopic (exact) mass is 1160 g/mol. The van der Waals surface area contributed by atoms with Crippen molar-refractivity contribution < 1.29 is 80.2 Å². The largest absolute Gasteiger partial charge is 0.472 e. The van der Waals surface area contributed by atoms with Gasteiger partial charge in [-0.1, -0.05) is 240 Å². The Morgan fingerprint density at radius 1 is 0.359 bits per heavy atom. The van der Waals surface area contributed by atoms with Gasteiger partial charge in [0, 0.05) is 25.7 Å². The number of phosphoric ester groups is 2. The third-order valence-electron chi connectivity index (χ3n) is 13.9. The fraction of sp³-hybridized carbons (Fsp3) is 0.932. The lowest BCUT2D eigenvalue weighted by atomic mass is 10.00. The highest BCUT2D eigenvalue weighted by Gasteiger charge is 2.30. The Labute approximate surface area is 473 Å². The van der Waals surface area contributed by atoms with E-state index in [9.17, 15) is 43.2 Å². The van der Waals surface area contributed by atoms with Crippen LogP contribution in [0.15, 0.2) is 0 Å². The molecule has 0 aliphatic heterocycles. The lowest BCUT2D eigenvalue weighted by Crippen LogP contribution is -2.30. The van der Waals surface area contributed by atoms with E-state index >= 15 is 0 Å². The maximum absolute atomic E-state index is 12.9. The zero-order valence-electron chi connectivity index (χ0n) is 49.8. The summed E-state index contributed by atoms with van der Waals surface area (Å²) >= 11 is 0. The summed E-state index contributed by atoms with van der Waals surface area (Å²) < 4.78 is 67.7. The summed E-state index contributed by atoms with van der Waals surface area (Å²) in [6.07, 6.45) is 34.8. The van der Waals surface area contributed by atoms with Gasteiger partial charge in [0.15, 0.2) is 12.2 Å². The lowest BCUT2D eigenvalue weighted by molar-refractivity contribution is -0.161. The van der Waals surface area contributed by atoms with Gasteiger partial charge in [-0.15, -0.1) is 0 Å². The zero-order valence-corrected chi connectivity index (χ0v) is 51.6. The molecule has 0 bridgehead atoms. The van der Waals surface area contributed by atoms with Crippen molar-refractivity contribution in [3.63, 3.8) is 0 Å². The van der Waals surface area contributed by atoms with E-state index in [2.05, 4.69) is 34.6 Å². The Balaban J connectivity index is 5.23. The van der Waals surface area contributed by atoms with Crippen LogP contribution >= 0.6 is 15.6 Å². The van der Waals surface area contributed by atoms with Crippen molar-refractivity contribution in [2.45, 2.75) is 310 Å². The highest BCUT2D eigenvalue weighted by molar-refractivity contribution is 7.47. The van der Waals surface area contributed by atoms with Gasteiger partial charge in [0.1, 0.15) is 19.3 Å². The first-order valence-electron chi connectivity index (χ1n) is 31.2. The molecule has 0 amide bonds. The van der Waals surface area contributed by atoms with Crippen molar-refractivity contribution in [2.75, 3.05) is 39.6 Å². The molecule has 0 rings (SSSR count). The number of esters is 4. The average molecular weight is 1160 g/mol. The summed E-state index contributed by atoms with van der Waals surface area (Å²) in [6.45, 7) is 7.06. The van der Waals surface area contributed by atoms with Gasteiger partial charge in [-0.3, -0.25) is 37.3 Å². The highest BCUT2D eigenvalue weighted by Crippen LogP contribution is 2.45. The molecular weight excluding hydrogens is 1040 g/mol. The number of rotatable bonds is 59. The molecule has 17 nitrogen and oxygen atoms in total. The Kier molecular flexibility index (Phi) is 51.8. The smallest absolute Gasteiger partial charge is 0.462 e. The lowest BCUT2D eigenvalue weighted by Gasteiger charge is -2.21. The summed E-state index contributed by atoms with van der Waals surface area (Å²) in [4.78, 5) is 71.8. The maximum atomic E-state index is 12.9. The van der Waals surface area contributed by atoms with E-state index in [0.717, 1.165) is 102 Å². The quantitative estimate of drug-likeness (QED) is 0.0222. The number of carbonyl (C=O) groups excluding carboxylic acids is 4. The van der Waals surface area contributed by atoms with Crippen LogP contribution in [-0.4, -0.2) is 96.7 Å². The number of carbonyl (C=O) groups is 4. The van der Waals surface area contributed by atoms with E-state index < -0.39 is 97.5 Å². The van der Waals surface area contributed by atoms with Crippen LogP contribution in [0.1, 0.15) is 291 Å². The SMILES string of the molecule is CCCCCCCCCCCCC(=O)OC[C@H](COP(=O)(O)OC[C@@H](O)COP(=O)(O)OC[C@@H](COC(=O)CCCCCCCCCC)OC(=O)CCCCCCCCCCCC)OC(=O)CCCCCCCCC(C)CC. The average Bonchev–Trinajstić information content (AvgIpc) is 3.41. The van der Waals surface area contributed by atoms with Crippen LogP contribution in [0.5, 0.6) is 0 Å². The zero-order chi connectivity index (χ0) is 57.8. The number of hydrogen-bond acceptors (Lipinski definition) is 15. The second kappa shape index (κ2) is 53.1. The first kappa shape index (κ1) is 76.1. The van der Waals surface area contributed by atoms with E-state index in [1.54, 1.807) is 0 Å². The number of aliphatic hydroxyl groups excluding tert-OH is 1. The molecule has 78 heavy (non-hydrogen) atoms. The third kappa shape index (κ3) is 52.2. The molecule has 19 heteroatoms. The van der Waals surface area contributed by atoms with Crippen LogP contribution in [0.3, 0.4) is 0 Å². The molecule has 0 aliphatic carbocycles. The Bertz CT molecular complexity index is 1540. The molecule has 6 atom stereocenters. The molecule has 0 radical (unpaired) electrons. The van der Waals surface area contributed by atoms with Crippen molar-refractivity contribution in [1.29, 1.82) is 0 Å². The van der Waals surface area contributed by atoms with E-state index in [0.29, 0.717) is 25.7 Å². The molecule has 3 unspecified atom stereocenters. The molecule has 0 aromatic rings. The minimum absolute atomic E-state index is 0.103. The summed E-state index contributed by atoms with van der Waals surface area (Å²) in [5.74, 6) is -1.42. The maximum Gasteiger partial charge on any atom is 0.472 e. The number of unbranched alkanes of at least 4 members (excludes halogenated alkanes) is 30. The van der Waals surface area contributed by atoms with Crippen molar-refractivity contribution in [3.8, 4) is 0 Å². The van der Waals surface area contributed by atoms with Gasteiger partial charge < -0.3 is 33.8 Å². The summed E-state index contributed by atoms with van der Waals surface area (Å²) in [5.41, 5.74) is 0. The van der Waals surface area contributed by atoms with Crippen molar-refractivity contribution >= 4 is 39.5 Å². The minimum atomic E-state index is -4.94. The van der Waals surface area contributed by atoms with Gasteiger partial charge in [0.25, 0.3) is 0 Å². The number of hydrogen-bond donors (Lipinski definition) is 3. The van der Waals surface area contributed by atoms with Crippen LogP contribution in [0, 0.1) is 5.92 Å². The second-order valence-corrected chi connectivity index (χ2v) is 24.5. The van der Waals surface area contributed by atoms with Gasteiger partial charge in [-0.05, 0) is 31.6 Å². The molecule has 0 saturated carbocycles. The third-order valence-corrected chi connectivity index (χ3v) is 15.8. The van der Waals surface area contributed by atoms with Gasteiger partial charge in [-0.25, -0.2) is 9.13 Å². The van der Waals surface area contributed by atoms with Crippen LogP contribution in [0.4, 0.5) is 0 Å². The van der Waals surface area contributed by atoms with Crippen molar-refractivity contribution in [2.24, 2.45) is 5.92 Å². The molecule has 0 aliphatic rings. The van der Waals surface area contributed by atoms with E-state index in [1.165, 1.54) is 109 Å². The first-order valence-corrected chi connectivity index (χ1v) is 34.2. The number of phosphoric acid groups is 2. The van der Waals surface area contributed by atoms with Gasteiger partial charge >= 0.3 is 39.5 Å². The second-order valence-electron chi connectivity index (χ2n) is 21.6. The Morgan fingerprint density at radius 3 is 0.910 bits per heavy atom. The van der Waals surface area contributed by atoms with Gasteiger partial charge in [-0.2, -0.15) is 0 Å².